The van der Waals surface area contributed by atoms with Gasteiger partial charge in [-0.25, -0.2) is 9.13 Å². The fourth-order valence-corrected chi connectivity index (χ4v) is 14.7. The van der Waals surface area contributed by atoms with Gasteiger partial charge in [-0.15, -0.1) is 0 Å². The molecule has 0 aromatic heterocycles. The van der Waals surface area contributed by atoms with E-state index in [1.54, 1.807) is 0 Å². The van der Waals surface area contributed by atoms with Gasteiger partial charge in [-0.3, -0.25) is 37.3 Å². The molecule has 0 aromatic rings. The van der Waals surface area contributed by atoms with Crippen molar-refractivity contribution < 1.29 is 80.2 Å². The van der Waals surface area contributed by atoms with Gasteiger partial charge in [0.15, 0.2) is 12.2 Å². The number of esters is 4. The lowest BCUT2D eigenvalue weighted by atomic mass is 10.0. The standard InChI is InChI=1S/C84H164O17P2/c1-6-9-12-15-18-21-24-27-30-33-35-37-40-43-46-49-54-60-65-69-83(88)100-79(73-94-81(86)67-62-57-52-47-44-41-39-36-34-31-28-25-22-19-16-13-10-7-2)75-98-102(90,91)96-71-78(85)72-97-103(92,93)99-76-80(74-95-82(87)68-63-58-55-50-51-56-61-66-77(4)5)101-84(89)70-64-59-53-48-45-42-38-32-29-26-23-20-17-14-11-8-3/h77-80,85H,6-76H2,1-5H3,(H,90,91)(H,92,93)/t78-,79-,80-/m1/s1. The van der Waals surface area contributed by atoms with Crippen molar-refractivity contribution in [1.82, 2.24) is 0 Å². The number of carbonyl (C=O) groups excluding carboxylic acids is 4. The van der Waals surface area contributed by atoms with E-state index in [0.29, 0.717) is 31.6 Å². The first-order valence-electron chi connectivity index (χ1n) is 43.6. The number of phosphoric ester groups is 2. The Morgan fingerprint density at radius 1 is 0.262 bits per heavy atom. The molecule has 612 valence electrons. The molecule has 0 rings (SSSR count). The molecular formula is C84H164O17P2. The Morgan fingerprint density at radius 3 is 0.660 bits per heavy atom. The first-order chi connectivity index (χ1) is 50.0. The summed E-state index contributed by atoms with van der Waals surface area (Å²) in [5.41, 5.74) is 0. The topological polar surface area (TPSA) is 237 Å². The second kappa shape index (κ2) is 76.8. The summed E-state index contributed by atoms with van der Waals surface area (Å²) in [6, 6.07) is 0. The van der Waals surface area contributed by atoms with Crippen LogP contribution in [0.4, 0.5) is 0 Å². The number of phosphoric acid groups is 2. The SMILES string of the molecule is CCCCCCCCCCCCCCCCCCCCCC(=O)O[C@H](COC(=O)CCCCCCCCCCCCCCCCCCCC)COP(=O)(O)OC[C@@H](O)COP(=O)(O)OC[C@@H](COC(=O)CCCCCCCCCC(C)C)OC(=O)CCCCCCCCCCCCCCCCCC. The summed E-state index contributed by atoms with van der Waals surface area (Å²) in [6.07, 6.45) is 69.5. The lowest BCUT2D eigenvalue weighted by Crippen LogP contribution is -2.30. The molecule has 0 aliphatic heterocycles. The van der Waals surface area contributed by atoms with Crippen LogP contribution in [0.25, 0.3) is 0 Å². The molecular weight excluding hydrogens is 1340 g/mol. The van der Waals surface area contributed by atoms with Gasteiger partial charge in [0.1, 0.15) is 19.3 Å². The van der Waals surface area contributed by atoms with Crippen LogP contribution in [-0.4, -0.2) is 96.7 Å². The molecule has 0 aliphatic rings. The van der Waals surface area contributed by atoms with Gasteiger partial charge in [-0.2, -0.15) is 0 Å². The highest BCUT2D eigenvalue weighted by Crippen LogP contribution is 2.45. The maximum atomic E-state index is 13.1. The largest absolute Gasteiger partial charge is 0.472 e. The van der Waals surface area contributed by atoms with Crippen molar-refractivity contribution in [3.63, 3.8) is 0 Å². The minimum Gasteiger partial charge on any atom is -0.462 e. The molecule has 0 saturated carbocycles. The fourth-order valence-electron chi connectivity index (χ4n) is 13.1. The van der Waals surface area contributed by atoms with E-state index < -0.39 is 97.5 Å². The van der Waals surface area contributed by atoms with Crippen LogP contribution < -0.4 is 0 Å². The number of aliphatic hydroxyl groups is 1. The fraction of sp³-hybridized carbons (Fsp3) is 0.952. The molecule has 103 heavy (non-hydrogen) atoms. The maximum Gasteiger partial charge on any atom is 0.472 e. The van der Waals surface area contributed by atoms with Gasteiger partial charge >= 0.3 is 39.5 Å². The van der Waals surface area contributed by atoms with Crippen LogP contribution in [-0.2, 0) is 65.4 Å². The zero-order valence-electron chi connectivity index (χ0n) is 67.5. The van der Waals surface area contributed by atoms with Crippen LogP contribution in [0.3, 0.4) is 0 Å². The van der Waals surface area contributed by atoms with Crippen molar-refractivity contribution in [2.45, 2.75) is 470 Å². The van der Waals surface area contributed by atoms with Crippen LogP contribution in [0.1, 0.15) is 452 Å². The summed E-state index contributed by atoms with van der Waals surface area (Å²) < 4.78 is 68.8. The normalized spacial score (nSPS) is 13.8. The lowest BCUT2D eigenvalue weighted by molar-refractivity contribution is -0.161. The summed E-state index contributed by atoms with van der Waals surface area (Å²) in [7, 11) is -9.92. The number of hydrogen-bond acceptors (Lipinski definition) is 15. The van der Waals surface area contributed by atoms with E-state index in [9.17, 15) is 43.2 Å². The molecule has 0 spiro atoms. The second-order valence-electron chi connectivity index (χ2n) is 30.7. The minimum atomic E-state index is -4.96. The van der Waals surface area contributed by atoms with Crippen LogP contribution in [0.15, 0.2) is 0 Å². The van der Waals surface area contributed by atoms with E-state index in [1.807, 2.05) is 0 Å². The lowest BCUT2D eigenvalue weighted by Gasteiger charge is -2.21. The third kappa shape index (κ3) is 78.0. The molecule has 3 N–H and O–H groups in total. The third-order valence-corrected chi connectivity index (χ3v) is 21.7. The van der Waals surface area contributed by atoms with E-state index in [-0.39, 0.29) is 25.7 Å². The highest BCUT2D eigenvalue weighted by Gasteiger charge is 2.30. The molecule has 2 unspecified atom stereocenters. The highest BCUT2D eigenvalue weighted by molar-refractivity contribution is 7.47. The zero-order valence-corrected chi connectivity index (χ0v) is 69.3. The summed E-state index contributed by atoms with van der Waals surface area (Å²) in [4.78, 5) is 73.1. The Bertz CT molecular complexity index is 1960. The summed E-state index contributed by atoms with van der Waals surface area (Å²) in [5, 5.41) is 10.7. The summed E-state index contributed by atoms with van der Waals surface area (Å²) in [5.74, 6) is -1.40. The van der Waals surface area contributed by atoms with Gasteiger partial charge in [0, 0.05) is 25.7 Å². The average molecular weight is 1510 g/mol. The molecule has 19 heteroatoms. The quantitative estimate of drug-likeness (QED) is 0.0222. The number of ether oxygens (including phenoxy) is 4. The smallest absolute Gasteiger partial charge is 0.462 e. The monoisotopic (exact) mass is 1510 g/mol. The van der Waals surface area contributed by atoms with Crippen LogP contribution in [0.2, 0.25) is 0 Å². The second-order valence-corrected chi connectivity index (χ2v) is 33.6. The maximum absolute atomic E-state index is 13.1. The van der Waals surface area contributed by atoms with Gasteiger partial charge in [0.2, 0.25) is 0 Å². The Kier molecular flexibility index (Phi) is 75.4. The zero-order chi connectivity index (χ0) is 75.5. The molecule has 0 radical (unpaired) electrons. The van der Waals surface area contributed by atoms with Crippen molar-refractivity contribution >= 4 is 39.5 Å². The highest BCUT2D eigenvalue weighted by atomic mass is 31.2. The van der Waals surface area contributed by atoms with Crippen molar-refractivity contribution in [1.29, 1.82) is 0 Å². The average Bonchev–Trinajstić information content (AvgIpc) is 0.995. The summed E-state index contributed by atoms with van der Waals surface area (Å²) >= 11 is 0. The third-order valence-electron chi connectivity index (χ3n) is 19.8. The van der Waals surface area contributed by atoms with Crippen molar-refractivity contribution in [2.24, 2.45) is 5.92 Å². The van der Waals surface area contributed by atoms with Gasteiger partial charge in [-0.05, 0) is 31.6 Å². The number of aliphatic hydroxyl groups excluding tert-OH is 1. The molecule has 0 aliphatic carbocycles. The predicted octanol–water partition coefficient (Wildman–Crippen LogP) is 25.6. The molecule has 0 fully saturated rings. The van der Waals surface area contributed by atoms with Crippen molar-refractivity contribution in [3.05, 3.63) is 0 Å². The molecule has 0 amide bonds. The van der Waals surface area contributed by atoms with Crippen LogP contribution in [0.5, 0.6) is 0 Å². The van der Waals surface area contributed by atoms with E-state index in [1.165, 1.54) is 270 Å². The Morgan fingerprint density at radius 2 is 0.447 bits per heavy atom. The van der Waals surface area contributed by atoms with Gasteiger partial charge in [0.05, 0.1) is 26.4 Å². The first kappa shape index (κ1) is 101. The first-order valence-corrected chi connectivity index (χ1v) is 46.6. The molecule has 5 atom stereocenters. The molecule has 0 saturated heterocycles. The van der Waals surface area contributed by atoms with Gasteiger partial charge in [-0.1, -0.05) is 401 Å². The minimum absolute atomic E-state index is 0.108. The Balaban J connectivity index is 5.23. The molecule has 0 aromatic carbocycles. The molecule has 0 heterocycles. The van der Waals surface area contributed by atoms with Gasteiger partial charge in [0.25, 0.3) is 0 Å². The van der Waals surface area contributed by atoms with E-state index in [4.69, 9.17) is 37.0 Å². The number of rotatable bonds is 84. The number of hydrogen-bond donors (Lipinski definition) is 3. The number of carbonyl (C=O) groups is 4. The van der Waals surface area contributed by atoms with E-state index >= 15 is 0 Å². The summed E-state index contributed by atoms with van der Waals surface area (Å²) in [6.45, 7) is 7.30. The molecule has 0 bridgehead atoms. The Labute approximate surface area is 632 Å². The Hall–Kier alpha value is -1.94. The van der Waals surface area contributed by atoms with Crippen molar-refractivity contribution in [2.75, 3.05) is 39.6 Å². The van der Waals surface area contributed by atoms with Crippen molar-refractivity contribution in [3.8, 4) is 0 Å². The van der Waals surface area contributed by atoms with Gasteiger partial charge < -0.3 is 33.8 Å². The predicted molar refractivity (Wildman–Crippen MR) is 423 cm³/mol. The number of unbranched alkanes of at least 4 members (excludes halogenated alkanes) is 56. The van der Waals surface area contributed by atoms with Crippen LogP contribution >= 0.6 is 15.6 Å². The van der Waals surface area contributed by atoms with E-state index in [2.05, 4.69) is 34.6 Å². The van der Waals surface area contributed by atoms with E-state index in [0.717, 1.165) is 96.3 Å². The molecule has 17 nitrogen and oxygen atoms in total. The van der Waals surface area contributed by atoms with Crippen LogP contribution in [0, 0.1) is 5.92 Å².